The van der Waals surface area contributed by atoms with Crippen molar-refractivity contribution >= 4 is 15.9 Å². The first-order valence-corrected chi connectivity index (χ1v) is 12.6. The van der Waals surface area contributed by atoms with E-state index in [2.05, 4.69) is 28.8 Å². The minimum absolute atomic E-state index is 0.0839. The molecule has 0 saturated carbocycles. The summed E-state index contributed by atoms with van der Waals surface area (Å²) in [6.07, 6.45) is 2.69. The first-order chi connectivity index (χ1) is 14.8. The molecule has 2 heterocycles. The molecule has 0 bridgehead atoms. The monoisotopic (exact) mass is 453 g/mol. The third kappa shape index (κ3) is 7.25. The summed E-state index contributed by atoms with van der Waals surface area (Å²) in [5.74, 6) is 0.242. The number of nitrogens with one attached hydrogen (secondary N) is 2. The van der Waals surface area contributed by atoms with Gasteiger partial charge in [0, 0.05) is 44.4 Å². The van der Waals surface area contributed by atoms with Gasteiger partial charge < -0.3 is 14.8 Å². The molecule has 2 atom stereocenters. The smallest absolute Gasteiger partial charge is 0.251 e. The summed E-state index contributed by atoms with van der Waals surface area (Å²) in [6.45, 7) is 8.92. The summed E-state index contributed by atoms with van der Waals surface area (Å²) in [7, 11) is -3.70. The van der Waals surface area contributed by atoms with Crippen LogP contribution in [0.3, 0.4) is 0 Å². The predicted molar refractivity (Wildman–Crippen MR) is 119 cm³/mol. The summed E-state index contributed by atoms with van der Waals surface area (Å²) < 4.78 is 38.8. The fourth-order valence-corrected chi connectivity index (χ4v) is 5.17. The Morgan fingerprint density at radius 1 is 1.23 bits per heavy atom. The van der Waals surface area contributed by atoms with Crippen LogP contribution in [0, 0.1) is 5.92 Å². The van der Waals surface area contributed by atoms with Crippen molar-refractivity contribution in [2.75, 3.05) is 46.0 Å². The van der Waals surface area contributed by atoms with E-state index < -0.39 is 10.0 Å². The Hall–Kier alpha value is -1.52. The molecule has 1 aromatic rings. The summed E-state index contributed by atoms with van der Waals surface area (Å²) in [6, 6.07) is 6.40. The van der Waals surface area contributed by atoms with Crippen LogP contribution in [0.15, 0.2) is 29.2 Å². The summed E-state index contributed by atoms with van der Waals surface area (Å²) >= 11 is 0. The van der Waals surface area contributed by atoms with Gasteiger partial charge in [0.2, 0.25) is 10.0 Å². The number of benzene rings is 1. The van der Waals surface area contributed by atoms with Gasteiger partial charge in [-0.3, -0.25) is 9.69 Å². The molecule has 2 saturated heterocycles. The molecule has 9 heteroatoms. The molecular weight excluding hydrogens is 418 g/mol. The van der Waals surface area contributed by atoms with E-state index in [9.17, 15) is 13.2 Å². The zero-order chi connectivity index (χ0) is 22.3. The van der Waals surface area contributed by atoms with Gasteiger partial charge in [-0.25, -0.2) is 13.1 Å². The van der Waals surface area contributed by atoms with Crippen LogP contribution in [0.2, 0.25) is 0 Å². The van der Waals surface area contributed by atoms with E-state index in [1.54, 1.807) is 12.1 Å². The fourth-order valence-electron chi connectivity index (χ4n) is 4.06. The lowest BCUT2D eigenvalue weighted by atomic mass is 10.0. The summed E-state index contributed by atoms with van der Waals surface area (Å²) in [5.41, 5.74) is 0.338. The molecule has 2 N–H and O–H groups in total. The molecule has 0 aromatic heterocycles. The Kier molecular flexibility index (Phi) is 8.85. The quantitative estimate of drug-likeness (QED) is 0.559. The van der Waals surface area contributed by atoms with E-state index in [1.165, 1.54) is 12.1 Å². The van der Waals surface area contributed by atoms with Crippen LogP contribution in [0.25, 0.3) is 0 Å². The van der Waals surface area contributed by atoms with Gasteiger partial charge in [0.25, 0.3) is 5.91 Å². The number of hydrogen-bond donors (Lipinski definition) is 2. The average molecular weight is 454 g/mol. The van der Waals surface area contributed by atoms with Crippen molar-refractivity contribution in [1.82, 2.24) is 14.9 Å². The predicted octanol–water partition coefficient (Wildman–Crippen LogP) is 1.62. The number of amides is 1. The Morgan fingerprint density at radius 2 is 2.00 bits per heavy atom. The van der Waals surface area contributed by atoms with Crippen molar-refractivity contribution in [2.45, 2.75) is 50.2 Å². The zero-order valence-corrected chi connectivity index (χ0v) is 19.3. The average Bonchev–Trinajstić information content (AvgIpc) is 3.29. The minimum atomic E-state index is -3.70. The molecule has 2 aliphatic heterocycles. The molecule has 0 radical (unpaired) electrons. The van der Waals surface area contributed by atoms with E-state index >= 15 is 0 Å². The number of sulfonamides is 1. The molecular formula is C22H35N3O5S. The van der Waals surface area contributed by atoms with E-state index in [0.29, 0.717) is 37.8 Å². The highest BCUT2D eigenvalue weighted by Gasteiger charge is 2.24. The largest absolute Gasteiger partial charge is 0.379 e. The van der Waals surface area contributed by atoms with Gasteiger partial charge in [-0.05, 0) is 43.4 Å². The maximum Gasteiger partial charge on any atom is 0.251 e. The van der Waals surface area contributed by atoms with Crippen molar-refractivity contribution in [3.05, 3.63) is 29.8 Å². The highest BCUT2D eigenvalue weighted by molar-refractivity contribution is 7.89. The topological polar surface area (TPSA) is 97.0 Å². The highest BCUT2D eigenvalue weighted by atomic mass is 32.2. The third-order valence-electron chi connectivity index (χ3n) is 5.74. The molecule has 174 valence electrons. The van der Waals surface area contributed by atoms with Crippen molar-refractivity contribution < 1.29 is 22.7 Å². The van der Waals surface area contributed by atoms with Gasteiger partial charge in [0.1, 0.15) is 0 Å². The lowest BCUT2D eigenvalue weighted by Gasteiger charge is -2.35. The van der Waals surface area contributed by atoms with Crippen molar-refractivity contribution in [3.8, 4) is 0 Å². The van der Waals surface area contributed by atoms with E-state index in [0.717, 1.165) is 32.4 Å². The molecule has 31 heavy (non-hydrogen) atoms. The fraction of sp³-hybridized carbons (Fsp3) is 0.682. The summed E-state index contributed by atoms with van der Waals surface area (Å²) in [5, 5.41) is 3.00. The van der Waals surface area contributed by atoms with Crippen LogP contribution in [0.1, 0.15) is 43.5 Å². The lowest BCUT2D eigenvalue weighted by Crippen LogP contribution is -2.49. The molecule has 8 nitrogen and oxygen atoms in total. The number of rotatable bonds is 10. The van der Waals surface area contributed by atoms with Gasteiger partial charge in [0.05, 0.1) is 24.2 Å². The van der Waals surface area contributed by atoms with Crippen molar-refractivity contribution in [1.29, 1.82) is 0 Å². The Morgan fingerprint density at radius 3 is 2.68 bits per heavy atom. The molecule has 1 amide bonds. The van der Waals surface area contributed by atoms with Crippen LogP contribution >= 0.6 is 0 Å². The van der Waals surface area contributed by atoms with Crippen LogP contribution < -0.4 is 10.0 Å². The number of ether oxygens (including phenoxy) is 2. The number of carbonyl (C=O) groups is 1. The van der Waals surface area contributed by atoms with Gasteiger partial charge in [0.15, 0.2) is 0 Å². The molecule has 3 rings (SSSR count). The van der Waals surface area contributed by atoms with Crippen LogP contribution in [-0.2, 0) is 19.5 Å². The second-order valence-corrected chi connectivity index (χ2v) is 10.4. The number of nitrogens with zero attached hydrogens (tertiary/aromatic N) is 1. The van der Waals surface area contributed by atoms with Crippen molar-refractivity contribution in [3.63, 3.8) is 0 Å². The van der Waals surface area contributed by atoms with Crippen molar-refractivity contribution in [2.24, 2.45) is 5.92 Å². The summed E-state index contributed by atoms with van der Waals surface area (Å²) in [4.78, 5) is 15.2. The maximum atomic E-state index is 12.8. The Bertz CT molecular complexity index is 818. The van der Waals surface area contributed by atoms with E-state index in [4.69, 9.17) is 9.47 Å². The number of hydrogen-bond acceptors (Lipinski definition) is 6. The highest BCUT2D eigenvalue weighted by Crippen LogP contribution is 2.16. The lowest BCUT2D eigenvalue weighted by molar-refractivity contribution is 0.0124. The van der Waals surface area contributed by atoms with Gasteiger partial charge in [-0.2, -0.15) is 0 Å². The number of morpholine rings is 1. The van der Waals surface area contributed by atoms with Gasteiger partial charge in [-0.15, -0.1) is 0 Å². The molecule has 1 aromatic carbocycles. The van der Waals surface area contributed by atoms with Crippen LogP contribution in [-0.4, -0.2) is 77.4 Å². The molecule has 2 aliphatic rings. The second kappa shape index (κ2) is 11.4. The molecule has 0 spiro atoms. The third-order valence-corrected chi connectivity index (χ3v) is 7.16. The second-order valence-electron chi connectivity index (χ2n) is 8.66. The number of carbonyl (C=O) groups excluding carboxylic acids is 1. The Balaban J connectivity index is 1.60. The molecule has 2 fully saturated rings. The maximum absolute atomic E-state index is 12.8. The first-order valence-electron chi connectivity index (χ1n) is 11.2. The molecule has 2 unspecified atom stereocenters. The van der Waals surface area contributed by atoms with E-state index in [1.807, 2.05) is 0 Å². The Labute approximate surface area is 185 Å². The SMILES string of the molecule is CC(C)CC(CNC(=O)c1cccc(S(=O)(=O)NCC2CCCO2)c1)N1CCOCC1. The van der Waals surface area contributed by atoms with Gasteiger partial charge in [-0.1, -0.05) is 19.9 Å². The van der Waals surface area contributed by atoms with Crippen LogP contribution in [0.4, 0.5) is 0 Å². The van der Waals surface area contributed by atoms with Gasteiger partial charge >= 0.3 is 0 Å². The normalized spacial score (nSPS) is 21.3. The zero-order valence-electron chi connectivity index (χ0n) is 18.5. The molecule has 0 aliphatic carbocycles. The first kappa shape index (κ1) is 24.1. The minimum Gasteiger partial charge on any atom is -0.379 e. The standard InChI is InChI=1S/C22H35N3O5S/c1-17(2)13-19(25-8-11-29-12-9-25)15-23-22(26)18-5-3-7-21(14-18)31(27,28)24-16-20-6-4-10-30-20/h3,5,7,14,17,19-20,24H,4,6,8-13,15-16H2,1-2H3,(H,23,26). The van der Waals surface area contributed by atoms with Crippen LogP contribution in [0.5, 0.6) is 0 Å². The van der Waals surface area contributed by atoms with E-state index in [-0.39, 0.29) is 29.5 Å².